The van der Waals surface area contributed by atoms with Crippen LogP contribution in [0, 0.1) is 5.82 Å². The van der Waals surface area contributed by atoms with Crippen LogP contribution in [0.3, 0.4) is 0 Å². The summed E-state index contributed by atoms with van der Waals surface area (Å²) in [6.07, 6.45) is 0. The smallest absolute Gasteiger partial charge is 0.273 e. The molecule has 0 radical (unpaired) electrons. The fourth-order valence-corrected chi connectivity index (χ4v) is 3.20. The van der Waals surface area contributed by atoms with Crippen molar-refractivity contribution in [2.24, 2.45) is 0 Å². The molecule has 1 aromatic heterocycles. The van der Waals surface area contributed by atoms with Crippen molar-refractivity contribution in [3.8, 4) is 10.6 Å². The monoisotopic (exact) mass is 360 g/mol. The summed E-state index contributed by atoms with van der Waals surface area (Å²) in [4.78, 5) is 18.4. The predicted molar refractivity (Wildman–Crippen MR) is 94.8 cm³/mol. The quantitative estimate of drug-likeness (QED) is 0.664. The van der Waals surface area contributed by atoms with Gasteiger partial charge in [-0.2, -0.15) is 0 Å². The second-order valence-corrected chi connectivity index (χ2v) is 6.63. The van der Waals surface area contributed by atoms with Crippen molar-refractivity contribution in [3.63, 3.8) is 0 Å². The molecule has 0 aliphatic heterocycles. The molecule has 6 heteroatoms. The molecule has 0 aliphatic carbocycles. The van der Waals surface area contributed by atoms with Gasteiger partial charge in [-0.3, -0.25) is 4.79 Å². The number of hydrogen-bond donors (Lipinski definition) is 0. The molecule has 0 fully saturated rings. The summed E-state index contributed by atoms with van der Waals surface area (Å²) in [5, 5.41) is 3.14. The van der Waals surface area contributed by atoms with Gasteiger partial charge in [-0.15, -0.1) is 11.3 Å². The molecule has 122 valence electrons. The molecular formula is C18H14ClFN2OS. The number of benzene rings is 2. The van der Waals surface area contributed by atoms with Gasteiger partial charge in [0.1, 0.15) is 16.5 Å². The minimum Gasteiger partial charge on any atom is -0.336 e. The molecular weight excluding hydrogens is 347 g/mol. The average molecular weight is 361 g/mol. The summed E-state index contributed by atoms with van der Waals surface area (Å²) >= 11 is 7.28. The summed E-state index contributed by atoms with van der Waals surface area (Å²) in [5.41, 5.74) is 2.03. The van der Waals surface area contributed by atoms with Crippen LogP contribution in [0.2, 0.25) is 5.02 Å². The highest BCUT2D eigenvalue weighted by Gasteiger charge is 2.16. The first-order chi connectivity index (χ1) is 11.5. The normalized spacial score (nSPS) is 10.6. The number of aromatic nitrogens is 1. The van der Waals surface area contributed by atoms with E-state index in [1.807, 2.05) is 12.1 Å². The van der Waals surface area contributed by atoms with Crippen LogP contribution < -0.4 is 0 Å². The lowest BCUT2D eigenvalue weighted by molar-refractivity contribution is 0.0780. The molecule has 0 aliphatic rings. The van der Waals surface area contributed by atoms with Gasteiger partial charge in [0.15, 0.2) is 0 Å². The maximum Gasteiger partial charge on any atom is 0.273 e. The first-order valence-electron chi connectivity index (χ1n) is 7.24. The summed E-state index contributed by atoms with van der Waals surface area (Å²) in [6.45, 7) is 0.324. The Morgan fingerprint density at radius 3 is 2.71 bits per heavy atom. The number of carbonyl (C=O) groups excluding carboxylic acids is 1. The minimum atomic E-state index is -0.313. The highest BCUT2D eigenvalue weighted by molar-refractivity contribution is 7.13. The van der Waals surface area contributed by atoms with Gasteiger partial charge in [0.25, 0.3) is 5.91 Å². The first kappa shape index (κ1) is 16.6. The zero-order chi connectivity index (χ0) is 17.1. The van der Waals surface area contributed by atoms with Gasteiger partial charge in [-0.25, -0.2) is 9.37 Å². The Hall–Kier alpha value is -2.24. The van der Waals surface area contributed by atoms with Gasteiger partial charge in [0.2, 0.25) is 0 Å². The van der Waals surface area contributed by atoms with Gasteiger partial charge in [0, 0.05) is 29.6 Å². The Morgan fingerprint density at radius 2 is 2.00 bits per heavy atom. The molecule has 0 saturated carbocycles. The number of hydrogen-bond acceptors (Lipinski definition) is 3. The topological polar surface area (TPSA) is 33.2 Å². The van der Waals surface area contributed by atoms with E-state index < -0.39 is 0 Å². The van der Waals surface area contributed by atoms with E-state index in [-0.39, 0.29) is 11.7 Å². The summed E-state index contributed by atoms with van der Waals surface area (Å²) in [7, 11) is 1.68. The minimum absolute atomic E-state index is 0.198. The Morgan fingerprint density at radius 1 is 1.25 bits per heavy atom. The van der Waals surface area contributed by atoms with Crippen LogP contribution in [-0.4, -0.2) is 22.8 Å². The number of amides is 1. The fourth-order valence-electron chi connectivity index (χ4n) is 2.27. The SMILES string of the molecule is CN(Cc1cccc(F)c1)C(=O)c1csc(-c2ccc(Cl)cc2)n1. The Bertz CT molecular complexity index is 863. The molecule has 0 spiro atoms. The zero-order valence-electron chi connectivity index (χ0n) is 12.9. The maximum absolute atomic E-state index is 13.2. The molecule has 1 amide bonds. The molecule has 0 N–H and O–H groups in total. The Labute approximate surface area is 148 Å². The summed E-state index contributed by atoms with van der Waals surface area (Å²) in [5.74, 6) is -0.511. The van der Waals surface area contributed by atoms with Crippen LogP contribution in [0.5, 0.6) is 0 Å². The second kappa shape index (κ2) is 7.11. The summed E-state index contributed by atoms with van der Waals surface area (Å²) in [6, 6.07) is 13.5. The number of thiazole rings is 1. The number of carbonyl (C=O) groups is 1. The average Bonchev–Trinajstić information content (AvgIpc) is 3.04. The van der Waals surface area contributed by atoms with Crippen LogP contribution in [0.15, 0.2) is 53.9 Å². The van der Waals surface area contributed by atoms with E-state index in [0.717, 1.165) is 16.1 Å². The van der Waals surface area contributed by atoms with E-state index in [1.54, 1.807) is 36.7 Å². The van der Waals surface area contributed by atoms with Gasteiger partial charge in [-0.1, -0.05) is 35.9 Å². The van der Waals surface area contributed by atoms with Gasteiger partial charge in [-0.05, 0) is 29.8 Å². The van der Waals surface area contributed by atoms with Crippen LogP contribution in [0.1, 0.15) is 16.1 Å². The molecule has 0 unspecified atom stereocenters. The van der Waals surface area contributed by atoms with Crippen molar-refractivity contribution in [2.45, 2.75) is 6.54 Å². The molecule has 1 heterocycles. The van der Waals surface area contributed by atoms with Crippen molar-refractivity contribution in [2.75, 3.05) is 7.05 Å². The van der Waals surface area contributed by atoms with Crippen LogP contribution in [-0.2, 0) is 6.54 Å². The van der Waals surface area contributed by atoms with E-state index in [2.05, 4.69) is 4.98 Å². The van der Waals surface area contributed by atoms with E-state index in [4.69, 9.17) is 11.6 Å². The lowest BCUT2D eigenvalue weighted by Crippen LogP contribution is -2.26. The zero-order valence-corrected chi connectivity index (χ0v) is 14.4. The Kier molecular flexibility index (Phi) is 4.92. The largest absolute Gasteiger partial charge is 0.336 e. The van der Waals surface area contributed by atoms with E-state index in [1.165, 1.54) is 28.4 Å². The van der Waals surface area contributed by atoms with Crippen molar-refractivity contribution in [1.82, 2.24) is 9.88 Å². The highest BCUT2D eigenvalue weighted by atomic mass is 35.5. The third-order valence-corrected chi connectivity index (χ3v) is 4.61. The van der Waals surface area contributed by atoms with Crippen molar-refractivity contribution >= 4 is 28.8 Å². The summed E-state index contributed by atoms with van der Waals surface area (Å²) < 4.78 is 13.2. The fraction of sp³-hybridized carbons (Fsp3) is 0.111. The molecule has 0 bridgehead atoms. The standard InChI is InChI=1S/C18H14ClFN2OS/c1-22(10-12-3-2-4-15(20)9-12)18(23)16-11-24-17(21-16)13-5-7-14(19)8-6-13/h2-9,11H,10H2,1H3. The van der Waals surface area contributed by atoms with Crippen LogP contribution in [0.25, 0.3) is 10.6 Å². The van der Waals surface area contributed by atoms with Crippen LogP contribution in [0.4, 0.5) is 4.39 Å². The predicted octanol–water partition coefficient (Wildman–Crippen LogP) is 4.87. The molecule has 24 heavy (non-hydrogen) atoms. The van der Waals surface area contributed by atoms with Crippen LogP contribution >= 0.6 is 22.9 Å². The molecule has 3 aromatic rings. The number of rotatable bonds is 4. The third-order valence-electron chi connectivity index (χ3n) is 3.47. The number of nitrogens with zero attached hydrogens (tertiary/aromatic N) is 2. The van der Waals surface area contributed by atoms with E-state index >= 15 is 0 Å². The molecule has 0 saturated heterocycles. The molecule has 0 atom stereocenters. The number of halogens is 2. The molecule has 3 rings (SSSR count). The molecule has 3 nitrogen and oxygen atoms in total. The second-order valence-electron chi connectivity index (χ2n) is 5.34. The van der Waals surface area contributed by atoms with Crippen molar-refractivity contribution in [3.05, 3.63) is 76.0 Å². The van der Waals surface area contributed by atoms with Gasteiger partial charge >= 0.3 is 0 Å². The van der Waals surface area contributed by atoms with Crippen molar-refractivity contribution in [1.29, 1.82) is 0 Å². The van der Waals surface area contributed by atoms with Gasteiger partial charge in [0.05, 0.1) is 0 Å². The molecule has 2 aromatic carbocycles. The van der Waals surface area contributed by atoms with Gasteiger partial charge < -0.3 is 4.90 Å². The van der Waals surface area contributed by atoms with E-state index in [0.29, 0.717) is 17.3 Å². The lowest BCUT2D eigenvalue weighted by atomic mass is 10.2. The van der Waals surface area contributed by atoms with E-state index in [9.17, 15) is 9.18 Å². The Balaban J connectivity index is 1.74. The van der Waals surface area contributed by atoms with Crippen molar-refractivity contribution < 1.29 is 9.18 Å². The maximum atomic E-state index is 13.2. The highest BCUT2D eigenvalue weighted by Crippen LogP contribution is 2.25. The first-order valence-corrected chi connectivity index (χ1v) is 8.50. The third kappa shape index (κ3) is 3.80. The lowest BCUT2D eigenvalue weighted by Gasteiger charge is -2.16.